The van der Waals surface area contributed by atoms with Gasteiger partial charge >= 0.3 is 6.09 Å². The monoisotopic (exact) mass is 441 g/mol. The van der Waals surface area contributed by atoms with Crippen molar-refractivity contribution in [2.45, 2.75) is 38.3 Å². The fourth-order valence-electron chi connectivity index (χ4n) is 4.07. The second-order valence-electron chi connectivity index (χ2n) is 8.50. The quantitative estimate of drug-likeness (QED) is 0.636. The van der Waals surface area contributed by atoms with Crippen LogP contribution in [0.25, 0.3) is 0 Å². The number of hydrogen-bond donors (Lipinski definition) is 2. The number of rotatable bonds is 7. The van der Waals surface area contributed by atoms with Crippen molar-refractivity contribution in [3.8, 4) is 0 Å². The number of allylic oxidation sites excluding steroid dienone is 1. The van der Waals surface area contributed by atoms with Crippen LogP contribution in [0.2, 0.25) is 0 Å². The second kappa shape index (κ2) is 9.02. The van der Waals surface area contributed by atoms with Crippen LogP contribution < -0.4 is 11.1 Å². The summed E-state index contributed by atoms with van der Waals surface area (Å²) < 4.78 is 20.5. The molecule has 8 nitrogen and oxygen atoms in total. The molecule has 1 aliphatic heterocycles. The van der Waals surface area contributed by atoms with E-state index >= 15 is 0 Å². The van der Waals surface area contributed by atoms with E-state index in [2.05, 4.69) is 17.0 Å². The number of piperidine rings is 1. The van der Waals surface area contributed by atoms with E-state index in [1.54, 1.807) is 27.9 Å². The van der Waals surface area contributed by atoms with E-state index < -0.39 is 5.91 Å². The number of carbonyl (C=O) groups is 2. The van der Waals surface area contributed by atoms with E-state index in [4.69, 9.17) is 10.5 Å². The highest BCUT2D eigenvalue weighted by atomic mass is 19.1. The third-order valence-electron chi connectivity index (χ3n) is 6.21. The first kappa shape index (κ1) is 21.9. The Bertz CT molecular complexity index is 1000. The molecule has 2 heterocycles. The molecule has 3 N–H and O–H groups in total. The van der Waals surface area contributed by atoms with Crippen molar-refractivity contribution in [1.29, 1.82) is 0 Å². The zero-order chi connectivity index (χ0) is 22.8. The third-order valence-corrected chi connectivity index (χ3v) is 6.21. The molecule has 2 fully saturated rings. The van der Waals surface area contributed by atoms with E-state index in [0.29, 0.717) is 31.1 Å². The number of nitrogens with two attached hydrogens (primary N) is 1. The number of hydrogen-bond acceptors (Lipinski definition) is 5. The first-order valence-corrected chi connectivity index (χ1v) is 10.9. The molecule has 2 amide bonds. The summed E-state index contributed by atoms with van der Waals surface area (Å²) >= 11 is 0. The van der Waals surface area contributed by atoms with Gasteiger partial charge in [0.2, 0.25) is 0 Å². The lowest BCUT2D eigenvalue weighted by molar-refractivity contribution is 0.0436. The SMILES string of the molecule is C=C[C@@H]1CCN(C(=O)OC(C)C2CC2)C[C@H]1n1cc(C(N)=O)c(Nc2ccc(F)cc2)n1. The summed E-state index contributed by atoms with van der Waals surface area (Å²) in [7, 11) is 0. The molecule has 32 heavy (non-hydrogen) atoms. The number of primary amides is 1. The van der Waals surface area contributed by atoms with Gasteiger partial charge in [0.15, 0.2) is 5.82 Å². The summed E-state index contributed by atoms with van der Waals surface area (Å²) in [6, 6.07) is 5.48. The second-order valence-corrected chi connectivity index (χ2v) is 8.50. The maximum Gasteiger partial charge on any atom is 0.410 e. The number of aromatic nitrogens is 2. The lowest BCUT2D eigenvalue weighted by Crippen LogP contribution is -2.45. The number of likely N-dealkylation sites (tertiary alicyclic amines) is 1. The Morgan fingerprint density at radius 2 is 2.03 bits per heavy atom. The standard InChI is InChI=1S/C23H28FN5O3/c1-3-15-10-11-28(23(31)32-14(2)16-4-5-16)13-20(15)29-12-19(21(25)30)22(27-29)26-18-8-6-17(24)7-9-18/h3,6-9,12,14-16,20H,1,4-5,10-11,13H2,2H3,(H2,25,30)(H,26,27)/t14?,15-,20-/m1/s1. The Morgan fingerprint density at radius 3 is 2.66 bits per heavy atom. The lowest BCUT2D eigenvalue weighted by atomic mass is 9.92. The van der Waals surface area contributed by atoms with Crippen molar-refractivity contribution in [3.05, 3.63) is 54.5 Å². The van der Waals surface area contributed by atoms with Crippen molar-refractivity contribution in [2.75, 3.05) is 18.4 Å². The van der Waals surface area contributed by atoms with E-state index in [1.807, 2.05) is 13.0 Å². The first-order chi connectivity index (χ1) is 15.4. The molecule has 170 valence electrons. The van der Waals surface area contributed by atoms with Crippen molar-refractivity contribution in [3.63, 3.8) is 0 Å². The molecule has 0 radical (unpaired) electrons. The number of nitrogens with one attached hydrogen (secondary N) is 1. The van der Waals surface area contributed by atoms with Crippen LogP contribution >= 0.6 is 0 Å². The summed E-state index contributed by atoms with van der Waals surface area (Å²) in [5, 5.41) is 7.57. The number of nitrogens with zero attached hydrogens (tertiary/aromatic N) is 3. The molecule has 3 atom stereocenters. The Kier molecular flexibility index (Phi) is 6.16. The van der Waals surface area contributed by atoms with Crippen LogP contribution in [-0.2, 0) is 4.74 Å². The molecule has 1 aliphatic carbocycles. The Labute approximate surface area is 186 Å². The number of anilines is 2. The third kappa shape index (κ3) is 4.76. The number of amides is 2. The minimum Gasteiger partial charge on any atom is -0.446 e. The zero-order valence-corrected chi connectivity index (χ0v) is 18.0. The number of halogens is 1. The zero-order valence-electron chi connectivity index (χ0n) is 18.0. The summed E-state index contributed by atoms with van der Waals surface area (Å²) in [5.74, 6) is -0.213. The van der Waals surface area contributed by atoms with Gasteiger partial charge in [-0.05, 0) is 56.4 Å². The number of carbonyl (C=O) groups excluding carboxylic acids is 2. The highest BCUT2D eigenvalue weighted by Gasteiger charge is 2.36. The van der Waals surface area contributed by atoms with Crippen molar-refractivity contribution >= 4 is 23.5 Å². The molecule has 1 saturated heterocycles. The van der Waals surface area contributed by atoms with Gasteiger partial charge in [-0.25, -0.2) is 9.18 Å². The summed E-state index contributed by atoms with van der Waals surface area (Å²) in [5.41, 5.74) is 6.35. The molecule has 2 aromatic rings. The number of benzene rings is 1. The van der Waals surface area contributed by atoms with Crippen molar-refractivity contribution < 1.29 is 18.7 Å². The van der Waals surface area contributed by atoms with Crippen LogP contribution in [0, 0.1) is 17.7 Å². The highest BCUT2D eigenvalue weighted by Crippen LogP contribution is 2.35. The molecule has 1 aromatic heterocycles. The van der Waals surface area contributed by atoms with Crippen LogP contribution in [0.5, 0.6) is 0 Å². The molecule has 1 saturated carbocycles. The number of ether oxygens (including phenoxy) is 1. The minimum atomic E-state index is -0.638. The topological polar surface area (TPSA) is 102 Å². The molecule has 9 heteroatoms. The predicted octanol–water partition coefficient (Wildman–Crippen LogP) is 3.85. The average molecular weight is 442 g/mol. The van der Waals surface area contributed by atoms with Crippen molar-refractivity contribution in [1.82, 2.24) is 14.7 Å². The fourth-order valence-corrected chi connectivity index (χ4v) is 4.07. The minimum absolute atomic E-state index is 0.0548. The van der Waals surface area contributed by atoms with Gasteiger partial charge in [0.05, 0.1) is 6.04 Å². The van der Waals surface area contributed by atoms with E-state index in [1.165, 1.54) is 12.1 Å². The smallest absolute Gasteiger partial charge is 0.410 e. The highest BCUT2D eigenvalue weighted by molar-refractivity contribution is 5.98. The normalized spacial score (nSPS) is 21.6. The van der Waals surface area contributed by atoms with Crippen LogP contribution in [0.4, 0.5) is 20.7 Å². The molecule has 1 aromatic carbocycles. The first-order valence-electron chi connectivity index (χ1n) is 10.9. The maximum absolute atomic E-state index is 13.2. The summed E-state index contributed by atoms with van der Waals surface area (Å²) in [4.78, 5) is 26.4. The molecule has 0 bridgehead atoms. The van der Waals surface area contributed by atoms with Gasteiger partial charge in [-0.1, -0.05) is 6.08 Å². The van der Waals surface area contributed by atoms with E-state index in [9.17, 15) is 14.0 Å². The summed E-state index contributed by atoms with van der Waals surface area (Å²) in [6.07, 6.45) is 5.91. The van der Waals surface area contributed by atoms with E-state index in [-0.39, 0.29) is 41.4 Å². The predicted molar refractivity (Wildman–Crippen MR) is 118 cm³/mol. The maximum atomic E-state index is 13.2. The van der Waals surface area contributed by atoms with Crippen LogP contribution in [0.15, 0.2) is 43.1 Å². The van der Waals surface area contributed by atoms with Gasteiger partial charge in [0, 0.05) is 30.9 Å². The molecule has 1 unspecified atom stereocenters. The van der Waals surface area contributed by atoms with Crippen LogP contribution in [0.3, 0.4) is 0 Å². The fraction of sp³-hybridized carbons (Fsp3) is 0.435. The van der Waals surface area contributed by atoms with Gasteiger partial charge in [-0.15, -0.1) is 6.58 Å². The largest absolute Gasteiger partial charge is 0.446 e. The average Bonchev–Trinajstić information content (AvgIpc) is 3.55. The van der Waals surface area contributed by atoms with Crippen LogP contribution in [0.1, 0.15) is 42.6 Å². The van der Waals surface area contributed by atoms with Gasteiger partial charge in [0.1, 0.15) is 17.5 Å². The van der Waals surface area contributed by atoms with Gasteiger partial charge in [-0.2, -0.15) is 5.10 Å². The Hall–Kier alpha value is -3.36. The molecular weight excluding hydrogens is 413 g/mol. The Morgan fingerprint density at radius 1 is 1.31 bits per heavy atom. The summed E-state index contributed by atoms with van der Waals surface area (Å²) in [6.45, 7) is 6.81. The molecule has 0 spiro atoms. The van der Waals surface area contributed by atoms with Crippen molar-refractivity contribution in [2.24, 2.45) is 17.6 Å². The lowest BCUT2D eigenvalue weighted by Gasteiger charge is -2.37. The molecule has 2 aliphatic rings. The molecular formula is C23H28FN5O3. The van der Waals surface area contributed by atoms with Crippen LogP contribution in [-0.4, -0.2) is 45.9 Å². The molecule has 4 rings (SSSR count). The van der Waals surface area contributed by atoms with Gasteiger partial charge in [0.25, 0.3) is 5.91 Å². The van der Waals surface area contributed by atoms with E-state index in [0.717, 1.165) is 12.8 Å². The van der Waals surface area contributed by atoms with Gasteiger partial charge < -0.3 is 20.7 Å². The van der Waals surface area contributed by atoms with Gasteiger partial charge in [-0.3, -0.25) is 9.48 Å². The Balaban J connectivity index is 1.55.